The number of nitrogens with one attached hydrogen (secondary N) is 1. The molecule has 1 N–H and O–H groups in total. The summed E-state index contributed by atoms with van der Waals surface area (Å²) in [5.41, 5.74) is 2.85. The second-order valence-corrected chi connectivity index (χ2v) is 6.89. The molecule has 3 heterocycles. The predicted molar refractivity (Wildman–Crippen MR) is 100 cm³/mol. The van der Waals surface area contributed by atoms with Crippen LogP contribution < -0.4 is 5.56 Å². The first-order valence-corrected chi connectivity index (χ1v) is 8.91. The molecule has 0 saturated heterocycles. The molecule has 26 heavy (non-hydrogen) atoms. The summed E-state index contributed by atoms with van der Waals surface area (Å²) in [6, 6.07) is 5.59. The summed E-state index contributed by atoms with van der Waals surface area (Å²) >= 11 is 12.4. The highest BCUT2D eigenvalue weighted by atomic mass is 35.5. The van der Waals surface area contributed by atoms with E-state index in [2.05, 4.69) is 24.8 Å². The summed E-state index contributed by atoms with van der Waals surface area (Å²) in [4.78, 5) is 30.3. The van der Waals surface area contributed by atoms with E-state index in [-0.39, 0.29) is 5.56 Å². The quantitative estimate of drug-likeness (QED) is 0.747. The van der Waals surface area contributed by atoms with Crippen molar-refractivity contribution in [3.8, 4) is 11.5 Å². The lowest BCUT2D eigenvalue weighted by atomic mass is 10.1. The van der Waals surface area contributed by atoms with Gasteiger partial charge in [0.25, 0.3) is 5.56 Å². The van der Waals surface area contributed by atoms with Crippen LogP contribution in [0.5, 0.6) is 0 Å². The number of halogens is 2. The van der Waals surface area contributed by atoms with Gasteiger partial charge in [-0.3, -0.25) is 14.7 Å². The highest BCUT2D eigenvalue weighted by Gasteiger charge is 2.22. The topological polar surface area (TPSA) is 74.8 Å². The van der Waals surface area contributed by atoms with Crippen LogP contribution in [0, 0.1) is 0 Å². The van der Waals surface area contributed by atoms with Crippen LogP contribution in [0.15, 0.2) is 41.6 Å². The van der Waals surface area contributed by atoms with Crippen molar-refractivity contribution in [1.82, 2.24) is 24.8 Å². The van der Waals surface area contributed by atoms with E-state index in [1.807, 2.05) is 12.1 Å². The van der Waals surface area contributed by atoms with Crippen molar-refractivity contribution in [1.29, 1.82) is 0 Å². The molecule has 0 bridgehead atoms. The predicted octanol–water partition coefficient (Wildman–Crippen LogP) is 3.09. The average Bonchev–Trinajstić information content (AvgIpc) is 2.66. The second kappa shape index (κ2) is 7.15. The maximum absolute atomic E-state index is 12.6. The number of nitrogens with zero attached hydrogens (tertiary/aromatic N) is 4. The molecule has 0 amide bonds. The van der Waals surface area contributed by atoms with Crippen LogP contribution in [-0.4, -0.2) is 31.4 Å². The van der Waals surface area contributed by atoms with Crippen LogP contribution >= 0.6 is 23.2 Å². The van der Waals surface area contributed by atoms with Crippen molar-refractivity contribution in [3.63, 3.8) is 0 Å². The summed E-state index contributed by atoms with van der Waals surface area (Å²) in [6.07, 6.45) is 5.43. The fourth-order valence-corrected chi connectivity index (χ4v) is 3.45. The molecule has 0 unspecified atom stereocenters. The summed E-state index contributed by atoms with van der Waals surface area (Å²) in [7, 11) is 0. The first kappa shape index (κ1) is 17.1. The van der Waals surface area contributed by atoms with E-state index in [1.165, 1.54) is 0 Å². The second-order valence-electron chi connectivity index (χ2n) is 6.10. The largest absolute Gasteiger partial charge is 0.305 e. The third-order valence-electron chi connectivity index (χ3n) is 4.38. The Hall–Kier alpha value is -2.28. The Balaban J connectivity index is 1.60. The zero-order valence-corrected chi connectivity index (χ0v) is 15.3. The van der Waals surface area contributed by atoms with Gasteiger partial charge in [0.15, 0.2) is 5.82 Å². The highest BCUT2D eigenvalue weighted by Crippen LogP contribution is 2.27. The molecule has 0 spiro atoms. The van der Waals surface area contributed by atoms with Crippen molar-refractivity contribution in [2.45, 2.75) is 19.5 Å². The van der Waals surface area contributed by atoms with Gasteiger partial charge in [-0.2, -0.15) is 0 Å². The maximum atomic E-state index is 12.6. The summed E-state index contributed by atoms with van der Waals surface area (Å²) in [5, 5.41) is 1.10. The van der Waals surface area contributed by atoms with Gasteiger partial charge in [-0.15, -0.1) is 0 Å². The van der Waals surface area contributed by atoms with E-state index in [0.717, 1.165) is 17.8 Å². The molecule has 132 valence electrons. The van der Waals surface area contributed by atoms with E-state index >= 15 is 0 Å². The van der Waals surface area contributed by atoms with Gasteiger partial charge >= 0.3 is 0 Å². The van der Waals surface area contributed by atoms with Crippen molar-refractivity contribution in [2.24, 2.45) is 0 Å². The standard InChI is InChI=1S/C18H15Cl2N5O/c19-13-3-1-2-11(16(13)20)9-25-7-4-14-12(10-25)18(26)24-17(23-14)15-8-21-5-6-22-15/h1-3,5-6,8H,4,7,9-10H2,(H,23,24,26). The van der Waals surface area contributed by atoms with Crippen molar-refractivity contribution in [2.75, 3.05) is 6.54 Å². The number of rotatable bonds is 3. The first-order chi connectivity index (χ1) is 12.6. The molecule has 2 aromatic heterocycles. The molecule has 0 fully saturated rings. The molecule has 3 aromatic rings. The Morgan fingerprint density at radius 3 is 2.92 bits per heavy atom. The fraction of sp³-hybridized carbons (Fsp3) is 0.222. The van der Waals surface area contributed by atoms with Crippen LogP contribution in [-0.2, 0) is 19.5 Å². The van der Waals surface area contributed by atoms with Crippen LogP contribution in [0.4, 0.5) is 0 Å². The van der Waals surface area contributed by atoms with Crippen molar-refractivity contribution >= 4 is 23.2 Å². The van der Waals surface area contributed by atoms with Gasteiger partial charge in [0.2, 0.25) is 0 Å². The van der Waals surface area contributed by atoms with Gasteiger partial charge in [0, 0.05) is 38.4 Å². The molecule has 4 rings (SSSR count). The van der Waals surface area contributed by atoms with Crippen LogP contribution in [0.3, 0.4) is 0 Å². The minimum absolute atomic E-state index is 0.141. The van der Waals surface area contributed by atoms with Gasteiger partial charge in [0.1, 0.15) is 5.69 Å². The zero-order valence-electron chi connectivity index (χ0n) is 13.7. The molecule has 0 radical (unpaired) electrons. The Bertz CT molecular complexity index is 1010. The normalized spacial score (nSPS) is 14.2. The lowest BCUT2D eigenvalue weighted by Gasteiger charge is -2.28. The Morgan fingerprint density at radius 1 is 1.23 bits per heavy atom. The van der Waals surface area contributed by atoms with Gasteiger partial charge < -0.3 is 4.98 Å². The molecule has 1 aliphatic rings. The molecule has 0 saturated carbocycles. The zero-order chi connectivity index (χ0) is 18.1. The summed E-state index contributed by atoms with van der Waals surface area (Å²) in [5.74, 6) is 0.452. The molecule has 1 aliphatic heterocycles. The van der Waals surface area contributed by atoms with E-state index in [9.17, 15) is 4.79 Å². The number of hydrogen-bond acceptors (Lipinski definition) is 5. The Morgan fingerprint density at radius 2 is 2.12 bits per heavy atom. The monoisotopic (exact) mass is 387 g/mol. The molecule has 6 nitrogen and oxygen atoms in total. The van der Waals surface area contributed by atoms with Crippen molar-refractivity contribution < 1.29 is 0 Å². The SMILES string of the molecule is O=c1[nH]c(-c2cnccn2)nc2c1CN(Cc1cccc(Cl)c1Cl)CC2. The van der Waals surface area contributed by atoms with Gasteiger partial charge in [-0.05, 0) is 11.6 Å². The number of hydrogen-bond donors (Lipinski definition) is 1. The van der Waals surface area contributed by atoms with E-state index < -0.39 is 0 Å². The lowest BCUT2D eigenvalue weighted by molar-refractivity contribution is 0.242. The molecule has 0 aliphatic carbocycles. The molecule has 8 heteroatoms. The Labute approximate surface area is 159 Å². The number of fused-ring (bicyclic) bond motifs is 1. The maximum Gasteiger partial charge on any atom is 0.255 e. The third-order valence-corrected chi connectivity index (χ3v) is 5.24. The third kappa shape index (κ3) is 3.35. The number of aromatic amines is 1. The smallest absolute Gasteiger partial charge is 0.255 e. The Kier molecular flexibility index (Phi) is 4.72. The summed E-state index contributed by atoms with van der Waals surface area (Å²) in [6.45, 7) is 1.93. The molecular formula is C18H15Cl2N5O. The lowest BCUT2D eigenvalue weighted by Crippen LogP contribution is -2.35. The highest BCUT2D eigenvalue weighted by molar-refractivity contribution is 6.42. The molecule has 0 atom stereocenters. The number of aromatic nitrogens is 4. The minimum Gasteiger partial charge on any atom is -0.305 e. The van der Waals surface area contributed by atoms with E-state index in [4.69, 9.17) is 23.2 Å². The van der Waals surface area contributed by atoms with Gasteiger partial charge in [0.05, 0.1) is 27.5 Å². The molecule has 1 aromatic carbocycles. The van der Waals surface area contributed by atoms with Gasteiger partial charge in [-0.1, -0.05) is 35.3 Å². The molecular weight excluding hydrogens is 373 g/mol. The number of benzene rings is 1. The van der Waals surface area contributed by atoms with Crippen LogP contribution in [0.1, 0.15) is 16.8 Å². The first-order valence-electron chi connectivity index (χ1n) is 8.15. The average molecular weight is 388 g/mol. The van der Waals surface area contributed by atoms with Crippen LogP contribution in [0.25, 0.3) is 11.5 Å². The van der Waals surface area contributed by atoms with Crippen LogP contribution in [0.2, 0.25) is 10.0 Å². The van der Waals surface area contributed by atoms with Crippen molar-refractivity contribution in [3.05, 3.63) is 74.0 Å². The summed E-state index contributed by atoms with van der Waals surface area (Å²) < 4.78 is 0. The van der Waals surface area contributed by atoms with E-state index in [0.29, 0.717) is 46.6 Å². The van der Waals surface area contributed by atoms with Gasteiger partial charge in [-0.25, -0.2) is 9.97 Å². The fourth-order valence-electron chi connectivity index (χ4n) is 3.07. The number of H-pyrrole nitrogens is 1. The minimum atomic E-state index is -0.141. The van der Waals surface area contributed by atoms with E-state index in [1.54, 1.807) is 24.7 Å².